The molecule has 3 aromatic rings. The molecule has 0 fully saturated rings. The molecule has 0 spiro atoms. The number of hydrogen-bond acceptors (Lipinski definition) is 6. The van der Waals surface area contributed by atoms with Crippen molar-refractivity contribution in [1.82, 2.24) is 4.98 Å². The summed E-state index contributed by atoms with van der Waals surface area (Å²) >= 11 is 3.36. The number of anilines is 1. The number of aromatic nitrogens is 1. The summed E-state index contributed by atoms with van der Waals surface area (Å²) in [5.74, 6) is -1.83. The number of carbonyl (C=O) groups is 2. The summed E-state index contributed by atoms with van der Waals surface area (Å²) in [6.07, 6.45) is 0. The molecule has 3 rings (SSSR count). The van der Waals surface area contributed by atoms with Gasteiger partial charge in [-0.3, -0.25) is 10.2 Å². The summed E-state index contributed by atoms with van der Waals surface area (Å²) in [4.78, 5) is 29.0. The standard InChI is InChI=1S/C20H16BrN3O3/c1-2-27-20(26)19(25)18(24-23-15-10-8-14(21)9-11-15)17-12-7-13-5-3-4-6-16(13)22-17/h3-12,23H,2H2,1H3/b24-18-. The summed E-state index contributed by atoms with van der Waals surface area (Å²) in [7, 11) is 0. The second kappa shape index (κ2) is 8.55. The van der Waals surface area contributed by atoms with Crippen LogP contribution in [-0.2, 0) is 14.3 Å². The van der Waals surface area contributed by atoms with Crippen LogP contribution in [0, 0.1) is 0 Å². The fourth-order valence-corrected chi connectivity index (χ4v) is 2.62. The molecule has 0 bridgehead atoms. The monoisotopic (exact) mass is 425 g/mol. The van der Waals surface area contributed by atoms with E-state index < -0.39 is 11.8 Å². The van der Waals surface area contributed by atoms with Crippen LogP contribution >= 0.6 is 15.9 Å². The molecule has 0 amide bonds. The van der Waals surface area contributed by atoms with Crippen LogP contribution in [0.25, 0.3) is 10.9 Å². The zero-order valence-corrected chi connectivity index (χ0v) is 16.1. The number of esters is 1. The van der Waals surface area contributed by atoms with Crippen molar-refractivity contribution in [2.45, 2.75) is 6.92 Å². The number of hydrogen-bond donors (Lipinski definition) is 1. The van der Waals surface area contributed by atoms with Gasteiger partial charge in [0.05, 0.1) is 23.5 Å². The number of ether oxygens (including phenoxy) is 1. The van der Waals surface area contributed by atoms with E-state index in [-0.39, 0.29) is 18.0 Å². The average molecular weight is 426 g/mol. The van der Waals surface area contributed by atoms with Crippen molar-refractivity contribution in [1.29, 1.82) is 0 Å². The number of carbonyl (C=O) groups excluding carboxylic acids is 2. The highest BCUT2D eigenvalue weighted by Gasteiger charge is 2.25. The Morgan fingerprint density at radius 2 is 1.81 bits per heavy atom. The SMILES string of the molecule is CCOC(=O)C(=O)/C(=N\Nc1ccc(Br)cc1)c1ccc2ccccc2n1. The van der Waals surface area contributed by atoms with Gasteiger partial charge in [0.1, 0.15) is 0 Å². The first-order valence-electron chi connectivity index (χ1n) is 8.25. The largest absolute Gasteiger partial charge is 0.460 e. The third-order valence-corrected chi connectivity index (χ3v) is 4.19. The van der Waals surface area contributed by atoms with Crippen molar-refractivity contribution in [3.05, 3.63) is 70.8 Å². The van der Waals surface area contributed by atoms with Gasteiger partial charge in [-0.15, -0.1) is 0 Å². The third-order valence-electron chi connectivity index (χ3n) is 3.66. The lowest BCUT2D eigenvalue weighted by atomic mass is 10.1. The molecule has 0 aliphatic heterocycles. The van der Waals surface area contributed by atoms with Crippen LogP contribution in [0.15, 0.2) is 70.2 Å². The van der Waals surface area contributed by atoms with Crippen LogP contribution in [0.2, 0.25) is 0 Å². The molecule has 6 nitrogen and oxygen atoms in total. The van der Waals surface area contributed by atoms with Crippen LogP contribution < -0.4 is 5.43 Å². The molecule has 7 heteroatoms. The molecule has 0 radical (unpaired) electrons. The van der Waals surface area contributed by atoms with Gasteiger partial charge in [0.15, 0.2) is 5.71 Å². The van der Waals surface area contributed by atoms with E-state index in [2.05, 4.69) is 31.4 Å². The minimum atomic E-state index is -0.969. The fourth-order valence-electron chi connectivity index (χ4n) is 2.36. The molecular formula is C20H16BrN3O3. The Morgan fingerprint density at radius 1 is 1.07 bits per heavy atom. The van der Waals surface area contributed by atoms with Crippen LogP contribution in [-0.4, -0.2) is 29.1 Å². The van der Waals surface area contributed by atoms with Crippen molar-refractivity contribution in [3.63, 3.8) is 0 Å². The number of benzene rings is 2. The first-order valence-corrected chi connectivity index (χ1v) is 9.04. The molecule has 1 aromatic heterocycles. The van der Waals surface area contributed by atoms with E-state index in [1.165, 1.54) is 0 Å². The number of nitrogens with one attached hydrogen (secondary N) is 1. The zero-order chi connectivity index (χ0) is 19.2. The fraction of sp³-hybridized carbons (Fsp3) is 0.100. The Labute approximate surface area is 164 Å². The Balaban J connectivity index is 1.99. The number of pyridine rings is 1. The van der Waals surface area contributed by atoms with Crippen molar-refractivity contribution in [2.75, 3.05) is 12.0 Å². The van der Waals surface area contributed by atoms with Gasteiger partial charge >= 0.3 is 5.97 Å². The number of ketones is 1. The molecule has 0 aliphatic carbocycles. The van der Waals surface area contributed by atoms with Gasteiger partial charge in [-0.1, -0.05) is 40.2 Å². The summed E-state index contributed by atoms with van der Waals surface area (Å²) < 4.78 is 5.74. The van der Waals surface area contributed by atoms with E-state index >= 15 is 0 Å². The summed E-state index contributed by atoms with van der Waals surface area (Å²) in [5, 5.41) is 5.06. The quantitative estimate of drug-likeness (QED) is 0.280. The molecule has 27 heavy (non-hydrogen) atoms. The molecule has 0 atom stereocenters. The van der Waals surface area contributed by atoms with Crippen LogP contribution in [0.5, 0.6) is 0 Å². The summed E-state index contributed by atoms with van der Waals surface area (Å²) in [5.41, 5.74) is 4.33. The lowest BCUT2D eigenvalue weighted by Gasteiger charge is -2.08. The van der Waals surface area contributed by atoms with Gasteiger partial charge < -0.3 is 4.74 Å². The number of rotatable bonds is 6. The van der Waals surface area contributed by atoms with E-state index in [0.717, 1.165) is 9.86 Å². The summed E-state index contributed by atoms with van der Waals surface area (Å²) in [6.45, 7) is 1.74. The minimum absolute atomic E-state index is 0.100. The number of Topliss-reactive ketones (excluding diaryl/α,β-unsaturated/α-hetero) is 1. The predicted molar refractivity (Wildman–Crippen MR) is 108 cm³/mol. The first-order chi connectivity index (χ1) is 13.1. The lowest BCUT2D eigenvalue weighted by molar-refractivity contribution is -0.150. The molecule has 0 saturated heterocycles. The number of nitrogens with zero attached hydrogens (tertiary/aromatic N) is 2. The number of halogens is 1. The van der Waals surface area contributed by atoms with Gasteiger partial charge in [-0.2, -0.15) is 5.10 Å². The number of para-hydroxylation sites is 1. The highest BCUT2D eigenvalue weighted by atomic mass is 79.9. The van der Waals surface area contributed by atoms with Crippen molar-refractivity contribution >= 4 is 50.0 Å². The van der Waals surface area contributed by atoms with E-state index in [1.807, 2.05) is 42.5 Å². The van der Waals surface area contributed by atoms with E-state index in [9.17, 15) is 9.59 Å². The second-order valence-corrected chi connectivity index (χ2v) is 6.43. The first kappa shape index (κ1) is 18.7. The van der Waals surface area contributed by atoms with E-state index in [4.69, 9.17) is 4.74 Å². The number of fused-ring (bicyclic) bond motifs is 1. The van der Waals surface area contributed by atoms with Gasteiger partial charge in [0.2, 0.25) is 0 Å². The van der Waals surface area contributed by atoms with Crippen molar-refractivity contribution in [2.24, 2.45) is 5.10 Å². The lowest BCUT2D eigenvalue weighted by Crippen LogP contribution is -2.28. The maximum absolute atomic E-state index is 12.6. The molecule has 1 N–H and O–H groups in total. The molecule has 136 valence electrons. The maximum atomic E-state index is 12.6. The number of hydrazone groups is 1. The molecule has 2 aromatic carbocycles. The van der Waals surface area contributed by atoms with Crippen molar-refractivity contribution < 1.29 is 14.3 Å². The summed E-state index contributed by atoms with van der Waals surface area (Å²) in [6, 6.07) is 18.2. The predicted octanol–water partition coefficient (Wildman–Crippen LogP) is 3.95. The minimum Gasteiger partial charge on any atom is -0.460 e. The van der Waals surface area contributed by atoms with Crippen molar-refractivity contribution in [3.8, 4) is 0 Å². The Kier molecular flexibility index (Phi) is 5.93. The molecule has 0 aliphatic rings. The molecule has 1 heterocycles. The zero-order valence-electron chi connectivity index (χ0n) is 14.5. The normalized spacial score (nSPS) is 11.3. The smallest absolute Gasteiger partial charge is 0.381 e. The van der Waals surface area contributed by atoms with Crippen LogP contribution in [0.3, 0.4) is 0 Å². The molecule has 0 unspecified atom stereocenters. The average Bonchev–Trinajstić information content (AvgIpc) is 2.69. The Morgan fingerprint density at radius 3 is 2.56 bits per heavy atom. The van der Waals surface area contributed by atoms with Gasteiger partial charge in [0.25, 0.3) is 5.78 Å². The second-order valence-electron chi connectivity index (χ2n) is 5.52. The van der Waals surface area contributed by atoms with Gasteiger partial charge in [-0.25, -0.2) is 9.78 Å². The molecule has 0 saturated carbocycles. The topological polar surface area (TPSA) is 80.7 Å². The van der Waals surface area contributed by atoms with Crippen LogP contribution in [0.1, 0.15) is 12.6 Å². The Bertz CT molecular complexity index is 1020. The van der Waals surface area contributed by atoms with E-state index in [0.29, 0.717) is 11.2 Å². The third kappa shape index (κ3) is 4.57. The Hall–Kier alpha value is -3.06. The maximum Gasteiger partial charge on any atom is 0.381 e. The molecular weight excluding hydrogens is 410 g/mol. The van der Waals surface area contributed by atoms with Crippen LogP contribution in [0.4, 0.5) is 5.69 Å². The van der Waals surface area contributed by atoms with Gasteiger partial charge in [-0.05, 0) is 43.3 Å². The van der Waals surface area contributed by atoms with Gasteiger partial charge in [0, 0.05) is 9.86 Å². The highest BCUT2D eigenvalue weighted by molar-refractivity contribution is 9.10. The highest BCUT2D eigenvalue weighted by Crippen LogP contribution is 2.16. The van der Waals surface area contributed by atoms with E-state index in [1.54, 1.807) is 25.1 Å².